The van der Waals surface area contributed by atoms with Gasteiger partial charge < -0.3 is 9.47 Å². The van der Waals surface area contributed by atoms with Crippen LogP contribution in [0.3, 0.4) is 0 Å². The Morgan fingerprint density at radius 2 is 1.63 bits per heavy atom. The second-order valence-corrected chi connectivity index (χ2v) is 8.85. The molecule has 0 saturated carbocycles. The summed E-state index contributed by atoms with van der Waals surface area (Å²) in [6.07, 6.45) is -5.55. The zero-order chi connectivity index (χ0) is 25.9. The maximum absolute atomic E-state index is 12.9. The van der Waals surface area contributed by atoms with Crippen LogP contribution in [0.5, 0.6) is 17.2 Å². The van der Waals surface area contributed by atoms with Crippen molar-refractivity contribution >= 4 is 40.6 Å². The van der Waals surface area contributed by atoms with E-state index in [2.05, 4.69) is 0 Å². The van der Waals surface area contributed by atoms with Crippen molar-refractivity contribution in [2.45, 2.75) is 32.0 Å². The van der Waals surface area contributed by atoms with Gasteiger partial charge in [-0.05, 0) is 67.4 Å². The molecule has 0 amide bonds. The van der Waals surface area contributed by atoms with Gasteiger partial charge in [-0.25, -0.2) is 0 Å². The van der Waals surface area contributed by atoms with Crippen LogP contribution in [0.4, 0.5) is 13.2 Å². The van der Waals surface area contributed by atoms with Crippen LogP contribution in [0.2, 0.25) is 15.1 Å². The SMILES string of the molecule is Cc1cc(Oc2ccc(C(F)(F)F)cc2Cl)cc(OC(C)C(=O)C(C#N)c2ccc(Cl)c(Cl)c2)c1. The highest BCUT2D eigenvalue weighted by molar-refractivity contribution is 6.42. The van der Waals surface area contributed by atoms with E-state index < -0.39 is 29.5 Å². The minimum atomic E-state index is -4.53. The minimum Gasteiger partial charge on any atom is -0.483 e. The van der Waals surface area contributed by atoms with Crippen LogP contribution >= 0.6 is 34.8 Å². The number of hydrogen-bond donors (Lipinski definition) is 0. The van der Waals surface area contributed by atoms with Gasteiger partial charge in [0.1, 0.15) is 23.2 Å². The second-order valence-electron chi connectivity index (χ2n) is 7.62. The molecule has 2 atom stereocenters. The van der Waals surface area contributed by atoms with E-state index >= 15 is 0 Å². The van der Waals surface area contributed by atoms with Gasteiger partial charge >= 0.3 is 6.18 Å². The van der Waals surface area contributed by atoms with E-state index in [9.17, 15) is 23.2 Å². The molecule has 0 aliphatic rings. The lowest BCUT2D eigenvalue weighted by molar-refractivity contribution is -0.137. The van der Waals surface area contributed by atoms with Gasteiger partial charge in [0, 0.05) is 6.07 Å². The minimum absolute atomic E-state index is 0.0181. The number of Topliss-reactive ketones (excluding diaryl/α,β-unsaturated/α-hetero) is 1. The molecule has 0 radical (unpaired) electrons. The number of carbonyl (C=O) groups is 1. The number of alkyl halides is 3. The topological polar surface area (TPSA) is 59.3 Å². The van der Waals surface area contributed by atoms with Crippen molar-refractivity contribution in [3.05, 3.63) is 86.4 Å². The highest BCUT2D eigenvalue weighted by Crippen LogP contribution is 2.37. The number of nitrogens with zero attached hydrogens (tertiary/aromatic N) is 1. The Balaban J connectivity index is 1.79. The number of halogens is 6. The predicted octanol–water partition coefficient (Wildman–Crippen LogP) is 8.41. The Bertz CT molecular complexity index is 1310. The fraction of sp³-hybridized carbons (Fsp3) is 0.200. The van der Waals surface area contributed by atoms with Gasteiger partial charge in [-0.2, -0.15) is 18.4 Å². The maximum atomic E-state index is 12.9. The van der Waals surface area contributed by atoms with Crippen molar-refractivity contribution in [2.24, 2.45) is 0 Å². The van der Waals surface area contributed by atoms with Crippen LogP contribution in [0.15, 0.2) is 54.6 Å². The van der Waals surface area contributed by atoms with Crippen LogP contribution in [-0.4, -0.2) is 11.9 Å². The van der Waals surface area contributed by atoms with Crippen molar-refractivity contribution < 1.29 is 27.4 Å². The van der Waals surface area contributed by atoms with Crippen LogP contribution < -0.4 is 9.47 Å². The van der Waals surface area contributed by atoms with E-state index in [1.165, 1.54) is 25.1 Å². The highest BCUT2D eigenvalue weighted by Gasteiger charge is 2.31. The predicted molar refractivity (Wildman–Crippen MR) is 128 cm³/mol. The Labute approximate surface area is 214 Å². The van der Waals surface area contributed by atoms with E-state index in [1.807, 2.05) is 6.07 Å². The summed E-state index contributed by atoms with van der Waals surface area (Å²) in [4.78, 5) is 12.9. The summed E-state index contributed by atoms with van der Waals surface area (Å²) in [7, 11) is 0. The second kappa shape index (κ2) is 10.8. The molecule has 0 saturated heterocycles. The number of nitriles is 1. The average molecular weight is 543 g/mol. The zero-order valence-corrected chi connectivity index (χ0v) is 20.6. The molecule has 182 valence electrons. The molecular formula is C25H17Cl3F3NO3. The first-order chi connectivity index (χ1) is 16.4. The number of carbonyl (C=O) groups excluding carboxylic acids is 1. The van der Waals surface area contributed by atoms with Gasteiger partial charge in [0.2, 0.25) is 0 Å². The summed E-state index contributed by atoms with van der Waals surface area (Å²) in [6, 6.07) is 13.9. The summed E-state index contributed by atoms with van der Waals surface area (Å²) >= 11 is 17.9. The first-order valence-corrected chi connectivity index (χ1v) is 11.2. The molecule has 10 heteroatoms. The summed E-state index contributed by atoms with van der Waals surface area (Å²) in [5.74, 6) is -1.12. The van der Waals surface area contributed by atoms with Crippen LogP contribution in [0.25, 0.3) is 0 Å². The van der Waals surface area contributed by atoms with Gasteiger partial charge in [-0.15, -0.1) is 0 Å². The number of benzene rings is 3. The van der Waals surface area contributed by atoms with Gasteiger partial charge in [0.05, 0.1) is 26.7 Å². The fourth-order valence-electron chi connectivity index (χ4n) is 3.22. The summed E-state index contributed by atoms with van der Waals surface area (Å²) in [5, 5.41) is 9.86. The third kappa shape index (κ3) is 6.61. The molecular weight excluding hydrogens is 526 g/mol. The van der Waals surface area contributed by atoms with E-state index in [4.69, 9.17) is 44.3 Å². The zero-order valence-electron chi connectivity index (χ0n) is 18.3. The average Bonchev–Trinajstić information content (AvgIpc) is 2.76. The van der Waals surface area contributed by atoms with Gasteiger partial charge in [0.15, 0.2) is 11.9 Å². The van der Waals surface area contributed by atoms with Gasteiger partial charge in [-0.3, -0.25) is 4.79 Å². The molecule has 3 aromatic carbocycles. The summed E-state index contributed by atoms with van der Waals surface area (Å²) in [5.41, 5.74) is 0.179. The molecule has 3 aromatic rings. The summed E-state index contributed by atoms with van der Waals surface area (Å²) < 4.78 is 50.0. The van der Waals surface area contributed by atoms with E-state index in [0.29, 0.717) is 16.1 Å². The molecule has 4 nitrogen and oxygen atoms in total. The van der Waals surface area contributed by atoms with Gasteiger partial charge in [0.25, 0.3) is 0 Å². The Hall–Kier alpha value is -2.92. The lowest BCUT2D eigenvalue weighted by atomic mass is 9.93. The molecule has 0 spiro atoms. The van der Waals surface area contributed by atoms with E-state index in [-0.39, 0.29) is 27.3 Å². The van der Waals surface area contributed by atoms with Crippen LogP contribution in [0.1, 0.15) is 29.5 Å². The van der Waals surface area contributed by atoms with Crippen molar-refractivity contribution in [2.75, 3.05) is 0 Å². The Kier molecular flexibility index (Phi) is 8.22. The van der Waals surface area contributed by atoms with Crippen molar-refractivity contribution in [1.82, 2.24) is 0 Å². The van der Waals surface area contributed by atoms with Gasteiger partial charge in [-0.1, -0.05) is 40.9 Å². The largest absolute Gasteiger partial charge is 0.483 e. The third-order valence-corrected chi connectivity index (χ3v) is 5.95. The Morgan fingerprint density at radius 3 is 2.23 bits per heavy atom. The molecule has 0 heterocycles. The smallest absolute Gasteiger partial charge is 0.416 e. The molecule has 2 unspecified atom stereocenters. The standard InChI is InChI=1S/C25H17Cl3F3NO3/c1-13-7-17(11-18(8-13)35-23-6-4-16(10-22(23)28)25(29,30)31)34-14(2)24(33)19(12-32)15-3-5-20(26)21(27)9-15/h3-11,14,19H,1-2H3. The molecule has 0 fully saturated rings. The number of aryl methyl sites for hydroxylation is 1. The number of ketones is 1. The molecule has 3 rings (SSSR count). The highest BCUT2D eigenvalue weighted by atomic mass is 35.5. The molecule has 0 N–H and O–H groups in total. The number of rotatable bonds is 7. The first kappa shape index (κ1) is 26.7. The van der Waals surface area contributed by atoms with E-state index in [0.717, 1.165) is 18.2 Å². The first-order valence-electron chi connectivity index (χ1n) is 10.1. The summed E-state index contributed by atoms with van der Waals surface area (Å²) in [6.45, 7) is 3.24. The lowest BCUT2D eigenvalue weighted by Crippen LogP contribution is -2.28. The maximum Gasteiger partial charge on any atom is 0.416 e. The Morgan fingerprint density at radius 1 is 0.943 bits per heavy atom. The molecule has 35 heavy (non-hydrogen) atoms. The quantitative estimate of drug-likeness (QED) is 0.301. The molecule has 0 aliphatic carbocycles. The third-order valence-electron chi connectivity index (χ3n) is 4.92. The molecule has 0 aromatic heterocycles. The van der Waals surface area contributed by atoms with Crippen molar-refractivity contribution in [3.63, 3.8) is 0 Å². The van der Waals surface area contributed by atoms with Crippen LogP contribution in [0, 0.1) is 18.3 Å². The molecule has 0 aliphatic heterocycles. The normalized spacial score (nSPS) is 13.0. The number of hydrogen-bond acceptors (Lipinski definition) is 4. The van der Waals surface area contributed by atoms with Crippen molar-refractivity contribution in [1.29, 1.82) is 5.26 Å². The van der Waals surface area contributed by atoms with Crippen molar-refractivity contribution in [3.8, 4) is 23.3 Å². The fourth-order valence-corrected chi connectivity index (χ4v) is 3.74. The van der Waals surface area contributed by atoms with E-state index in [1.54, 1.807) is 25.1 Å². The monoisotopic (exact) mass is 541 g/mol. The molecule has 0 bridgehead atoms. The van der Waals surface area contributed by atoms with Crippen LogP contribution in [-0.2, 0) is 11.0 Å². The lowest BCUT2D eigenvalue weighted by Gasteiger charge is -2.18. The number of ether oxygens (including phenoxy) is 2.